The van der Waals surface area contributed by atoms with Crippen LogP contribution in [0.5, 0.6) is 0 Å². The Hall–Kier alpha value is 0.154. The van der Waals surface area contributed by atoms with Crippen LogP contribution in [-0.4, -0.2) is 37.4 Å². The zero-order valence-corrected chi connectivity index (χ0v) is 12.9. The summed E-state index contributed by atoms with van der Waals surface area (Å²) in [4.78, 5) is 0. The van der Waals surface area contributed by atoms with Gasteiger partial charge >= 0.3 is 0 Å². The predicted molar refractivity (Wildman–Crippen MR) is 74.8 cm³/mol. The lowest BCUT2D eigenvalue weighted by Gasteiger charge is -2.20. The highest BCUT2D eigenvalue weighted by Gasteiger charge is 2.29. The highest BCUT2D eigenvalue weighted by atomic mass is 35.6. The van der Waals surface area contributed by atoms with Gasteiger partial charge in [0, 0.05) is 0 Å². The van der Waals surface area contributed by atoms with Gasteiger partial charge in [0.15, 0.2) is 0 Å². The van der Waals surface area contributed by atoms with Gasteiger partial charge in [-0.1, -0.05) is 37.4 Å². The van der Waals surface area contributed by atoms with E-state index in [4.69, 9.17) is 22.2 Å². The second-order valence-electron chi connectivity index (χ2n) is 4.29. The molecule has 0 bridgehead atoms. The highest BCUT2D eigenvalue weighted by Crippen LogP contribution is 2.10. The van der Waals surface area contributed by atoms with Crippen LogP contribution in [0.2, 0.25) is 13.1 Å². The molecule has 1 rings (SSSR count). The van der Waals surface area contributed by atoms with Crippen LogP contribution in [0.3, 0.4) is 0 Å². The monoisotopic (exact) mass is 294 g/mol. The third-order valence-corrected chi connectivity index (χ3v) is 8.97. The van der Waals surface area contributed by atoms with Crippen LogP contribution in [-0.2, 0) is 0 Å². The van der Waals surface area contributed by atoms with E-state index in [1.165, 1.54) is 0 Å². The summed E-state index contributed by atoms with van der Waals surface area (Å²) < 4.78 is 0. The van der Waals surface area contributed by atoms with Crippen molar-refractivity contribution in [2.24, 2.45) is 0 Å². The van der Waals surface area contributed by atoms with E-state index in [2.05, 4.69) is 0 Å². The van der Waals surface area contributed by atoms with Crippen molar-refractivity contribution in [3.63, 3.8) is 0 Å². The number of aliphatic hydroxyl groups excluding tert-OH is 2. The maximum absolute atomic E-state index is 9.20. The molecule has 1 aromatic rings. The smallest absolute Gasteiger partial charge is 0.208 e. The molecule has 2 unspecified atom stereocenters. The summed E-state index contributed by atoms with van der Waals surface area (Å²) >= 11 is 12.5. The minimum absolute atomic E-state index is 0.0173. The maximum atomic E-state index is 9.20. The number of hydrogen-bond donors (Lipinski definition) is 2. The summed E-state index contributed by atoms with van der Waals surface area (Å²) in [5.41, 5.74) is 0. The molecule has 0 saturated carbocycles. The lowest BCUT2D eigenvalue weighted by Crippen LogP contribution is -2.47. The topological polar surface area (TPSA) is 40.5 Å². The SMILES string of the molecule is C[Si](Cl)(CO)c1ccc([Si](C)(Cl)CO)cc1. The van der Waals surface area contributed by atoms with E-state index < -0.39 is 14.8 Å². The van der Waals surface area contributed by atoms with Crippen LogP contribution < -0.4 is 10.4 Å². The van der Waals surface area contributed by atoms with Crippen molar-refractivity contribution in [3.05, 3.63) is 24.3 Å². The van der Waals surface area contributed by atoms with Crippen LogP contribution in [0, 0.1) is 0 Å². The number of aliphatic hydroxyl groups is 2. The molecule has 0 radical (unpaired) electrons. The van der Waals surface area contributed by atoms with Crippen molar-refractivity contribution in [2.45, 2.75) is 13.1 Å². The summed E-state index contributed by atoms with van der Waals surface area (Å²) in [7, 11) is -4.42. The summed E-state index contributed by atoms with van der Waals surface area (Å²) in [5, 5.41) is 20.4. The van der Waals surface area contributed by atoms with Gasteiger partial charge in [0.1, 0.15) is 0 Å². The van der Waals surface area contributed by atoms with E-state index in [1.54, 1.807) is 0 Å². The van der Waals surface area contributed by atoms with Crippen molar-refractivity contribution >= 4 is 47.3 Å². The zero-order valence-electron chi connectivity index (χ0n) is 9.37. The van der Waals surface area contributed by atoms with Gasteiger partial charge in [0.25, 0.3) is 0 Å². The largest absolute Gasteiger partial charge is 0.398 e. The maximum Gasteiger partial charge on any atom is 0.208 e. The summed E-state index contributed by atoms with van der Waals surface area (Å²) in [5.74, 6) is 0. The van der Waals surface area contributed by atoms with Crippen molar-refractivity contribution < 1.29 is 10.2 Å². The quantitative estimate of drug-likeness (QED) is 0.637. The molecule has 6 heteroatoms. The Morgan fingerprint density at radius 3 is 1.31 bits per heavy atom. The van der Waals surface area contributed by atoms with Crippen LogP contribution in [0.15, 0.2) is 24.3 Å². The van der Waals surface area contributed by atoms with Crippen molar-refractivity contribution in [3.8, 4) is 0 Å². The summed E-state index contributed by atoms with van der Waals surface area (Å²) in [6.07, 6.45) is 0.0347. The normalized spacial score (nSPS) is 18.9. The fourth-order valence-electron chi connectivity index (χ4n) is 1.35. The number of hydrogen-bond acceptors (Lipinski definition) is 2. The molecule has 0 aliphatic heterocycles. The van der Waals surface area contributed by atoms with Gasteiger partial charge in [-0.2, -0.15) is 22.2 Å². The Balaban J connectivity index is 3.00. The molecule has 2 N–H and O–H groups in total. The van der Waals surface area contributed by atoms with E-state index in [0.29, 0.717) is 0 Å². The van der Waals surface area contributed by atoms with Crippen molar-refractivity contribution in [2.75, 3.05) is 12.5 Å². The number of rotatable bonds is 4. The zero-order chi connectivity index (χ0) is 12.4. The van der Waals surface area contributed by atoms with E-state index in [-0.39, 0.29) is 12.5 Å². The fourth-order valence-corrected chi connectivity index (χ4v) is 4.19. The van der Waals surface area contributed by atoms with Gasteiger partial charge < -0.3 is 10.2 Å². The molecule has 90 valence electrons. The molecule has 0 amide bonds. The second kappa shape index (κ2) is 5.20. The Kier molecular flexibility index (Phi) is 4.62. The minimum atomic E-state index is -2.21. The summed E-state index contributed by atoms with van der Waals surface area (Å²) in [6.45, 7) is 3.79. The molecular weight excluding hydrogens is 279 g/mol. The van der Waals surface area contributed by atoms with Gasteiger partial charge in [-0.05, 0) is 10.4 Å². The lowest BCUT2D eigenvalue weighted by atomic mass is 10.4. The molecule has 0 aliphatic carbocycles. The van der Waals surface area contributed by atoms with E-state index in [0.717, 1.165) is 10.4 Å². The molecule has 2 nitrogen and oxygen atoms in total. The Morgan fingerprint density at radius 1 is 0.875 bits per heavy atom. The molecule has 16 heavy (non-hydrogen) atoms. The Bertz CT molecular complexity index is 317. The lowest BCUT2D eigenvalue weighted by molar-refractivity contribution is 0.362. The first kappa shape index (κ1) is 14.2. The van der Waals surface area contributed by atoms with Crippen molar-refractivity contribution in [1.29, 1.82) is 0 Å². The molecule has 1 aromatic carbocycles. The molecule has 0 aromatic heterocycles. The first-order valence-corrected chi connectivity index (χ1v) is 12.5. The van der Waals surface area contributed by atoms with Crippen LogP contribution >= 0.6 is 22.2 Å². The molecule has 2 atom stereocenters. The van der Waals surface area contributed by atoms with Gasteiger partial charge in [-0.3, -0.25) is 0 Å². The van der Waals surface area contributed by atoms with Crippen LogP contribution in [0.4, 0.5) is 0 Å². The first-order valence-electron chi connectivity index (χ1n) is 5.04. The molecule has 0 aliphatic rings. The number of halogens is 2. The van der Waals surface area contributed by atoms with Gasteiger partial charge in [-0.25, -0.2) is 0 Å². The highest BCUT2D eigenvalue weighted by molar-refractivity contribution is 7.27. The minimum Gasteiger partial charge on any atom is -0.398 e. The Morgan fingerprint density at radius 2 is 1.12 bits per heavy atom. The van der Waals surface area contributed by atoms with Crippen LogP contribution in [0.25, 0.3) is 0 Å². The molecule has 0 fully saturated rings. The van der Waals surface area contributed by atoms with Crippen LogP contribution in [0.1, 0.15) is 0 Å². The van der Waals surface area contributed by atoms with Gasteiger partial charge in [0.2, 0.25) is 14.8 Å². The molecular formula is C10H16Cl2O2Si2. The number of benzene rings is 1. The summed E-state index contributed by atoms with van der Waals surface area (Å²) in [6, 6.07) is 7.64. The molecule has 0 heterocycles. The van der Waals surface area contributed by atoms with E-state index in [9.17, 15) is 10.2 Å². The average molecular weight is 295 g/mol. The van der Waals surface area contributed by atoms with E-state index in [1.807, 2.05) is 37.4 Å². The first-order chi connectivity index (χ1) is 7.33. The third-order valence-electron chi connectivity index (χ3n) is 2.68. The van der Waals surface area contributed by atoms with Gasteiger partial charge in [0.05, 0.1) is 12.5 Å². The Labute approximate surface area is 107 Å². The standard InChI is InChI=1S/C10H16Cl2O2Si2/c1-15(11,7-13)9-3-5-10(6-4-9)16(2,12)8-14/h3-6,13-14H,7-8H2,1-2H3. The van der Waals surface area contributed by atoms with Gasteiger partial charge in [-0.15, -0.1) is 0 Å². The van der Waals surface area contributed by atoms with E-state index >= 15 is 0 Å². The average Bonchev–Trinajstić information content (AvgIpc) is 2.29. The molecule has 0 spiro atoms. The molecule has 0 saturated heterocycles. The fraction of sp³-hybridized carbons (Fsp3) is 0.400. The predicted octanol–water partition coefficient (Wildman–Crippen LogP) is 0.792. The van der Waals surface area contributed by atoms with Crippen molar-refractivity contribution in [1.82, 2.24) is 0 Å². The third kappa shape index (κ3) is 3.09. The second-order valence-corrected chi connectivity index (χ2v) is 15.9.